The number of aromatic nitrogens is 3. The van der Waals surface area contributed by atoms with Crippen molar-refractivity contribution in [1.29, 1.82) is 0 Å². The Balaban J connectivity index is 1.18. The van der Waals surface area contributed by atoms with Gasteiger partial charge in [0.25, 0.3) is 0 Å². The van der Waals surface area contributed by atoms with Gasteiger partial charge in [-0.1, -0.05) is 115 Å². The first-order chi connectivity index (χ1) is 24.1. The lowest BCUT2D eigenvalue weighted by Crippen LogP contribution is -2.55. The molecule has 0 radical (unpaired) electrons. The highest BCUT2D eigenvalue weighted by atomic mass is 15.0. The van der Waals surface area contributed by atoms with Gasteiger partial charge in [0.1, 0.15) is 0 Å². The first kappa shape index (κ1) is 27.8. The standard InChI is InChI=1S/C46H37N3/c1-27-8-7-12-33(20-27)44-47-43(32-10-3-2-4-11-32)48-45(49-44)34-15-14-31-16-18-38-41-37-13-6-5-9-30(37)17-19-40(41)46(42(38)39(31)26-34)35-22-28-21-29(24-35)25-36(46)23-28/h2-20,26,28-29,35-36H,21-25H2,1H3. The number of benzene rings is 6. The van der Waals surface area contributed by atoms with Crippen LogP contribution < -0.4 is 0 Å². The number of hydrogen-bond donors (Lipinski definition) is 0. The number of nitrogens with zero attached hydrogens (tertiary/aromatic N) is 3. The fourth-order valence-corrected chi connectivity index (χ4v) is 11.1. The highest BCUT2D eigenvalue weighted by molar-refractivity contribution is 6.07. The van der Waals surface area contributed by atoms with Crippen LogP contribution in [-0.2, 0) is 5.41 Å². The van der Waals surface area contributed by atoms with E-state index >= 15 is 0 Å². The normalized spacial score (nSPS) is 24.5. The minimum Gasteiger partial charge on any atom is -0.208 e. The van der Waals surface area contributed by atoms with Crippen LogP contribution in [0.1, 0.15) is 48.8 Å². The molecule has 4 fully saturated rings. The molecule has 5 aliphatic carbocycles. The maximum absolute atomic E-state index is 5.18. The van der Waals surface area contributed by atoms with Crippen molar-refractivity contribution in [3.8, 4) is 45.3 Å². The predicted octanol–water partition coefficient (Wildman–Crippen LogP) is 11.2. The lowest BCUT2D eigenvalue weighted by atomic mass is 9.43. The van der Waals surface area contributed by atoms with Gasteiger partial charge in [0.2, 0.25) is 0 Å². The molecule has 6 aromatic carbocycles. The monoisotopic (exact) mass is 631 g/mol. The van der Waals surface area contributed by atoms with E-state index in [9.17, 15) is 0 Å². The molecule has 12 rings (SSSR count). The number of fused-ring (bicyclic) bond motifs is 7. The van der Waals surface area contributed by atoms with Crippen molar-refractivity contribution in [2.24, 2.45) is 23.7 Å². The summed E-state index contributed by atoms with van der Waals surface area (Å²) in [5.74, 6) is 5.31. The third kappa shape index (κ3) is 3.93. The zero-order chi connectivity index (χ0) is 32.3. The Morgan fingerprint density at radius 2 is 1.12 bits per heavy atom. The van der Waals surface area contributed by atoms with Gasteiger partial charge in [0.05, 0.1) is 0 Å². The largest absolute Gasteiger partial charge is 0.208 e. The van der Waals surface area contributed by atoms with Gasteiger partial charge in [-0.05, 0) is 119 Å². The molecule has 3 nitrogen and oxygen atoms in total. The van der Waals surface area contributed by atoms with Crippen molar-refractivity contribution in [1.82, 2.24) is 15.0 Å². The Kier molecular flexibility index (Phi) is 5.77. The molecule has 5 aliphatic rings. The zero-order valence-corrected chi connectivity index (χ0v) is 27.7. The molecular formula is C46H37N3. The van der Waals surface area contributed by atoms with Crippen molar-refractivity contribution in [2.45, 2.75) is 44.4 Å². The van der Waals surface area contributed by atoms with E-state index in [0.29, 0.717) is 23.5 Å². The van der Waals surface area contributed by atoms with Gasteiger partial charge >= 0.3 is 0 Å². The fraction of sp³-hybridized carbons (Fsp3) is 0.239. The smallest absolute Gasteiger partial charge is 0.164 e. The van der Waals surface area contributed by atoms with E-state index < -0.39 is 0 Å². The van der Waals surface area contributed by atoms with Gasteiger partial charge in [-0.25, -0.2) is 15.0 Å². The van der Waals surface area contributed by atoms with Crippen LogP contribution in [0, 0.1) is 30.6 Å². The molecule has 0 unspecified atom stereocenters. The minimum atomic E-state index is 0.0568. The molecule has 1 heterocycles. The molecule has 49 heavy (non-hydrogen) atoms. The molecule has 0 amide bonds. The second-order valence-corrected chi connectivity index (χ2v) is 15.3. The van der Waals surface area contributed by atoms with Gasteiger partial charge < -0.3 is 0 Å². The molecule has 236 valence electrons. The minimum absolute atomic E-state index is 0.0568. The Labute approximate surface area is 287 Å². The summed E-state index contributed by atoms with van der Waals surface area (Å²) in [6, 6.07) is 44.6. The van der Waals surface area contributed by atoms with Crippen LogP contribution in [0.4, 0.5) is 0 Å². The lowest BCUT2D eigenvalue weighted by molar-refractivity contribution is -0.0393. The molecule has 1 spiro atoms. The molecule has 1 aromatic heterocycles. The summed E-state index contributed by atoms with van der Waals surface area (Å²) in [7, 11) is 0. The number of hydrogen-bond acceptors (Lipinski definition) is 3. The second-order valence-electron chi connectivity index (χ2n) is 15.3. The molecular weight excluding hydrogens is 595 g/mol. The molecule has 7 aromatic rings. The average Bonchev–Trinajstić information content (AvgIpc) is 3.45. The first-order valence-corrected chi connectivity index (χ1v) is 18.1. The SMILES string of the molecule is Cc1cccc(-c2nc(-c3ccccc3)nc(-c3ccc4ccc5c(c4c3)C3(c4ccc6ccccc6c4-5)C4CC5CC(C4)CC3C5)n2)c1. The van der Waals surface area contributed by atoms with Crippen LogP contribution in [0.5, 0.6) is 0 Å². The van der Waals surface area contributed by atoms with Crippen molar-refractivity contribution in [3.05, 3.63) is 138 Å². The summed E-state index contributed by atoms with van der Waals surface area (Å²) in [5.41, 5.74) is 10.4. The Hall–Kier alpha value is -5.15. The highest BCUT2D eigenvalue weighted by Crippen LogP contribution is 2.70. The molecule has 3 heteroatoms. The summed E-state index contributed by atoms with van der Waals surface area (Å²) in [6.45, 7) is 2.12. The summed E-state index contributed by atoms with van der Waals surface area (Å²) in [5, 5.41) is 5.42. The number of aryl methyl sites for hydroxylation is 1. The molecule has 0 saturated heterocycles. The van der Waals surface area contributed by atoms with Gasteiger partial charge in [-0.15, -0.1) is 0 Å². The van der Waals surface area contributed by atoms with Crippen LogP contribution in [0.25, 0.3) is 66.8 Å². The molecule has 4 bridgehead atoms. The Bertz CT molecular complexity index is 2450. The molecule has 4 saturated carbocycles. The maximum Gasteiger partial charge on any atom is 0.164 e. The van der Waals surface area contributed by atoms with E-state index in [0.717, 1.165) is 34.4 Å². The third-order valence-corrected chi connectivity index (χ3v) is 12.7. The summed E-state index contributed by atoms with van der Waals surface area (Å²) in [4.78, 5) is 15.3. The quantitative estimate of drug-likeness (QED) is 0.195. The Morgan fingerprint density at radius 1 is 0.510 bits per heavy atom. The lowest BCUT2D eigenvalue weighted by Gasteiger charge is -2.61. The van der Waals surface area contributed by atoms with Crippen molar-refractivity contribution in [2.75, 3.05) is 0 Å². The van der Waals surface area contributed by atoms with E-state index in [2.05, 4.69) is 122 Å². The van der Waals surface area contributed by atoms with Crippen molar-refractivity contribution < 1.29 is 0 Å². The maximum atomic E-state index is 5.18. The molecule has 0 N–H and O–H groups in total. The van der Waals surface area contributed by atoms with Crippen molar-refractivity contribution in [3.63, 3.8) is 0 Å². The van der Waals surface area contributed by atoms with Gasteiger partial charge in [0, 0.05) is 22.1 Å². The highest BCUT2D eigenvalue weighted by Gasteiger charge is 2.62. The predicted molar refractivity (Wildman–Crippen MR) is 199 cm³/mol. The van der Waals surface area contributed by atoms with E-state index in [-0.39, 0.29) is 5.41 Å². The summed E-state index contributed by atoms with van der Waals surface area (Å²) in [6.07, 6.45) is 6.91. The van der Waals surface area contributed by atoms with Crippen LogP contribution in [-0.4, -0.2) is 15.0 Å². The topological polar surface area (TPSA) is 38.7 Å². The van der Waals surface area contributed by atoms with Crippen LogP contribution in [0.15, 0.2) is 121 Å². The van der Waals surface area contributed by atoms with Gasteiger partial charge in [-0.3, -0.25) is 0 Å². The Morgan fingerprint density at radius 3 is 1.88 bits per heavy atom. The summed E-state index contributed by atoms with van der Waals surface area (Å²) >= 11 is 0. The van der Waals surface area contributed by atoms with E-state index in [1.165, 1.54) is 70.3 Å². The average molecular weight is 632 g/mol. The number of rotatable bonds is 3. The van der Waals surface area contributed by atoms with Crippen LogP contribution in [0.2, 0.25) is 0 Å². The zero-order valence-electron chi connectivity index (χ0n) is 27.7. The van der Waals surface area contributed by atoms with Crippen LogP contribution in [0.3, 0.4) is 0 Å². The van der Waals surface area contributed by atoms with E-state index in [1.807, 2.05) is 6.07 Å². The van der Waals surface area contributed by atoms with Crippen molar-refractivity contribution >= 4 is 21.5 Å². The van der Waals surface area contributed by atoms with Crippen LogP contribution >= 0.6 is 0 Å². The van der Waals surface area contributed by atoms with Gasteiger partial charge in [-0.2, -0.15) is 0 Å². The van der Waals surface area contributed by atoms with E-state index in [1.54, 1.807) is 11.1 Å². The molecule has 0 aliphatic heterocycles. The second kappa shape index (κ2) is 10.2. The first-order valence-electron chi connectivity index (χ1n) is 18.1. The fourth-order valence-electron chi connectivity index (χ4n) is 11.1. The summed E-state index contributed by atoms with van der Waals surface area (Å²) < 4.78 is 0. The third-order valence-electron chi connectivity index (χ3n) is 12.7. The molecule has 0 atom stereocenters. The van der Waals surface area contributed by atoms with E-state index in [4.69, 9.17) is 15.0 Å². The van der Waals surface area contributed by atoms with Gasteiger partial charge in [0.15, 0.2) is 17.5 Å².